The second kappa shape index (κ2) is 5.73. The summed E-state index contributed by atoms with van der Waals surface area (Å²) in [5, 5.41) is 3.15. The van der Waals surface area contributed by atoms with Crippen LogP contribution >= 0.6 is 0 Å². The van der Waals surface area contributed by atoms with Crippen LogP contribution in [0.4, 0.5) is 0 Å². The molecule has 0 radical (unpaired) electrons. The summed E-state index contributed by atoms with van der Waals surface area (Å²) in [6.07, 6.45) is 0. The number of likely N-dealkylation sites (N-methyl/N-ethyl adjacent to an activating group) is 2. The lowest BCUT2D eigenvalue weighted by Gasteiger charge is -2.36. The third-order valence-corrected chi connectivity index (χ3v) is 3.43. The number of nitrogens with zero attached hydrogens (tertiary/aromatic N) is 4. The summed E-state index contributed by atoms with van der Waals surface area (Å²) < 4.78 is 0. The SMILES string of the molecule is CNCc1cc(C)nc(C2CN(C)CCN2C)n1. The molecule has 0 amide bonds. The van der Waals surface area contributed by atoms with Crippen LogP contribution in [0.5, 0.6) is 0 Å². The van der Waals surface area contributed by atoms with Crippen LogP contribution in [0, 0.1) is 6.92 Å². The van der Waals surface area contributed by atoms with Crippen LogP contribution in [-0.4, -0.2) is 60.5 Å². The number of nitrogens with one attached hydrogen (secondary N) is 1. The van der Waals surface area contributed by atoms with Gasteiger partial charge >= 0.3 is 0 Å². The normalized spacial score (nSPS) is 22.3. The van der Waals surface area contributed by atoms with Crippen LogP contribution in [0.15, 0.2) is 6.07 Å². The predicted molar refractivity (Wildman–Crippen MR) is 72.4 cm³/mol. The van der Waals surface area contributed by atoms with Gasteiger partial charge in [0.2, 0.25) is 0 Å². The number of piperazine rings is 1. The zero-order valence-corrected chi connectivity index (χ0v) is 11.8. The summed E-state index contributed by atoms with van der Waals surface area (Å²) in [4.78, 5) is 14.0. The Hall–Kier alpha value is -1.04. The van der Waals surface area contributed by atoms with Crippen LogP contribution in [0.2, 0.25) is 0 Å². The Kier molecular flexibility index (Phi) is 4.27. The van der Waals surface area contributed by atoms with Gasteiger partial charge in [0.25, 0.3) is 0 Å². The summed E-state index contributed by atoms with van der Waals surface area (Å²) in [5.74, 6) is 0.953. The van der Waals surface area contributed by atoms with E-state index in [1.54, 1.807) is 0 Å². The molecule has 0 aromatic carbocycles. The van der Waals surface area contributed by atoms with E-state index in [9.17, 15) is 0 Å². The highest BCUT2D eigenvalue weighted by Crippen LogP contribution is 2.20. The Bertz CT molecular complexity index is 406. The maximum atomic E-state index is 4.69. The Morgan fingerprint density at radius 1 is 1.33 bits per heavy atom. The van der Waals surface area contributed by atoms with E-state index >= 15 is 0 Å². The minimum atomic E-state index is 0.305. The van der Waals surface area contributed by atoms with Gasteiger partial charge in [-0.3, -0.25) is 4.90 Å². The number of hydrogen-bond acceptors (Lipinski definition) is 5. The standard InChI is InChI=1S/C13H23N5/c1-10-7-11(8-14-2)16-13(15-10)12-9-17(3)5-6-18(12)4/h7,12,14H,5-6,8-9H2,1-4H3. The van der Waals surface area contributed by atoms with Crippen LogP contribution in [0.3, 0.4) is 0 Å². The first kappa shape index (κ1) is 13.4. The van der Waals surface area contributed by atoms with Crippen LogP contribution in [0.1, 0.15) is 23.3 Å². The minimum Gasteiger partial charge on any atom is -0.314 e. The Morgan fingerprint density at radius 2 is 2.11 bits per heavy atom. The molecule has 1 atom stereocenters. The van der Waals surface area contributed by atoms with Gasteiger partial charge in [0.15, 0.2) is 0 Å². The van der Waals surface area contributed by atoms with E-state index in [2.05, 4.69) is 39.2 Å². The van der Waals surface area contributed by atoms with Crippen molar-refractivity contribution in [2.45, 2.75) is 19.5 Å². The lowest BCUT2D eigenvalue weighted by Crippen LogP contribution is -2.45. The molecule has 0 bridgehead atoms. The summed E-state index contributed by atoms with van der Waals surface area (Å²) in [5.41, 5.74) is 2.12. The van der Waals surface area contributed by atoms with Gasteiger partial charge < -0.3 is 10.2 Å². The second-order valence-corrected chi connectivity index (χ2v) is 5.15. The molecule has 5 heteroatoms. The largest absolute Gasteiger partial charge is 0.314 e. The van der Waals surface area contributed by atoms with Crippen LogP contribution in [0.25, 0.3) is 0 Å². The molecular weight excluding hydrogens is 226 g/mol. The molecule has 5 nitrogen and oxygen atoms in total. The third kappa shape index (κ3) is 3.04. The van der Waals surface area contributed by atoms with Gasteiger partial charge in [-0.05, 0) is 34.1 Å². The molecule has 1 aliphatic rings. The molecule has 1 saturated heterocycles. The molecule has 1 N–H and O–H groups in total. The summed E-state index contributed by atoms with van der Waals surface area (Å²) in [6.45, 7) is 6.01. The maximum absolute atomic E-state index is 4.69. The fourth-order valence-electron chi connectivity index (χ4n) is 2.37. The average Bonchev–Trinajstić information content (AvgIpc) is 2.32. The monoisotopic (exact) mass is 249 g/mol. The highest BCUT2D eigenvalue weighted by atomic mass is 15.3. The molecule has 1 aromatic heterocycles. The lowest BCUT2D eigenvalue weighted by molar-refractivity contribution is 0.109. The van der Waals surface area contributed by atoms with E-state index in [-0.39, 0.29) is 0 Å². The highest BCUT2D eigenvalue weighted by molar-refractivity contribution is 5.12. The zero-order valence-electron chi connectivity index (χ0n) is 11.8. The van der Waals surface area contributed by atoms with Crippen molar-refractivity contribution in [1.29, 1.82) is 0 Å². The maximum Gasteiger partial charge on any atom is 0.147 e. The van der Waals surface area contributed by atoms with E-state index in [0.29, 0.717) is 6.04 Å². The van der Waals surface area contributed by atoms with Crippen molar-refractivity contribution in [2.24, 2.45) is 0 Å². The first-order chi connectivity index (χ1) is 8.60. The predicted octanol–water partition coefficient (Wildman–Crippen LogP) is 0.423. The molecule has 0 spiro atoms. The summed E-state index contributed by atoms with van der Waals surface area (Å²) in [7, 11) is 6.25. The lowest BCUT2D eigenvalue weighted by atomic mass is 10.1. The van der Waals surface area contributed by atoms with Crippen molar-refractivity contribution in [3.63, 3.8) is 0 Å². The zero-order chi connectivity index (χ0) is 13.1. The second-order valence-electron chi connectivity index (χ2n) is 5.15. The van der Waals surface area contributed by atoms with Gasteiger partial charge in [-0.2, -0.15) is 0 Å². The molecule has 1 aromatic rings. The Labute approximate surface area is 109 Å². The smallest absolute Gasteiger partial charge is 0.147 e. The van der Waals surface area contributed by atoms with Gasteiger partial charge in [0, 0.05) is 31.9 Å². The molecule has 0 aliphatic carbocycles. The van der Waals surface area contributed by atoms with Gasteiger partial charge in [-0.15, -0.1) is 0 Å². The Balaban J connectivity index is 2.25. The molecule has 100 valence electrons. The van der Waals surface area contributed by atoms with Crippen LogP contribution < -0.4 is 5.32 Å². The van der Waals surface area contributed by atoms with E-state index in [0.717, 1.165) is 43.4 Å². The number of rotatable bonds is 3. The van der Waals surface area contributed by atoms with E-state index in [4.69, 9.17) is 0 Å². The number of hydrogen-bond donors (Lipinski definition) is 1. The molecule has 0 saturated carbocycles. The Morgan fingerprint density at radius 3 is 2.83 bits per heavy atom. The molecule has 2 rings (SSSR count). The van der Waals surface area contributed by atoms with Crippen molar-refractivity contribution >= 4 is 0 Å². The molecule has 2 heterocycles. The fraction of sp³-hybridized carbons (Fsp3) is 0.692. The van der Waals surface area contributed by atoms with Gasteiger partial charge in [-0.25, -0.2) is 9.97 Å². The first-order valence-corrected chi connectivity index (χ1v) is 6.48. The number of aryl methyl sites for hydroxylation is 1. The molecular formula is C13H23N5. The van der Waals surface area contributed by atoms with Crippen molar-refractivity contribution in [1.82, 2.24) is 25.1 Å². The van der Waals surface area contributed by atoms with Crippen LogP contribution in [-0.2, 0) is 6.54 Å². The van der Waals surface area contributed by atoms with E-state index in [1.165, 1.54) is 0 Å². The summed E-state index contributed by atoms with van der Waals surface area (Å²) in [6, 6.07) is 2.35. The van der Waals surface area contributed by atoms with Crippen molar-refractivity contribution in [2.75, 3.05) is 40.8 Å². The van der Waals surface area contributed by atoms with Gasteiger partial charge in [-0.1, -0.05) is 0 Å². The van der Waals surface area contributed by atoms with E-state index in [1.807, 2.05) is 20.0 Å². The van der Waals surface area contributed by atoms with Crippen molar-refractivity contribution < 1.29 is 0 Å². The topological polar surface area (TPSA) is 44.3 Å². The quantitative estimate of drug-likeness (QED) is 0.841. The van der Waals surface area contributed by atoms with Crippen molar-refractivity contribution in [3.05, 3.63) is 23.3 Å². The first-order valence-electron chi connectivity index (χ1n) is 6.48. The van der Waals surface area contributed by atoms with Crippen molar-refractivity contribution in [3.8, 4) is 0 Å². The molecule has 1 fully saturated rings. The minimum absolute atomic E-state index is 0.305. The fourth-order valence-corrected chi connectivity index (χ4v) is 2.37. The third-order valence-electron chi connectivity index (χ3n) is 3.43. The average molecular weight is 249 g/mol. The van der Waals surface area contributed by atoms with E-state index < -0.39 is 0 Å². The summed E-state index contributed by atoms with van der Waals surface area (Å²) >= 11 is 0. The van der Waals surface area contributed by atoms with Gasteiger partial charge in [0.1, 0.15) is 5.82 Å². The molecule has 1 unspecified atom stereocenters. The molecule has 18 heavy (non-hydrogen) atoms. The van der Waals surface area contributed by atoms with Gasteiger partial charge in [0.05, 0.1) is 11.7 Å². The number of aromatic nitrogens is 2. The molecule has 1 aliphatic heterocycles. The highest BCUT2D eigenvalue weighted by Gasteiger charge is 2.26.